The standard InChI is InChI=1S/C29H39N9O2S/c1-6-38-26-23(35(4)27(39)25-28(38)41-19(2)31-25)18-30-29(33-26)32-22-8-7-21(17-24(22)40-5)36-11-9-20(10-12-36)37-15-13-34(3)14-16-37/h7-8,17-18,20H,6,9-16H2,1-5H3,(H,30,32,33). The monoisotopic (exact) mass is 577 g/mol. The van der Waals surface area contributed by atoms with Gasteiger partial charge in [0.05, 0.1) is 24.0 Å². The number of aromatic nitrogens is 3. The number of hydrogen-bond acceptors (Lipinski definition) is 11. The molecule has 0 bridgehead atoms. The van der Waals surface area contributed by atoms with Crippen LogP contribution in [-0.2, 0) is 0 Å². The first-order valence-electron chi connectivity index (χ1n) is 14.4. The Balaban J connectivity index is 1.20. The molecule has 3 aromatic rings. The number of ether oxygens (including phenoxy) is 1. The smallest absolute Gasteiger partial charge is 0.279 e. The minimum atomic E-state index is -0.157. The Bertz CT molecular complexity index is 1410. The Labute approximate surface area is 245 Å². The number of piperidine rings is 1. The van der Waals surface area contributed by atoms with Crippen LogP contribution in [0.4, 0.5) is 33.8 Å². The van der Waals surface area contributed by atoms with Crippen LogP contribution < -0.4 is 24.8 Å². The number of nitrogens with one attached hydrogen (secondary N) is 1. The molecule has 0 aliphatic carbocycles. The lowest BCUT2D eigenvalue weighted by Crippen LogP contribution is -2.52. The van der Waals surface area contributed by atoms with Gasteiger partial charge in [0.1, 0.15) is 16.4 Å². The van der Waals surface area contributed by atoms with Crippen molar-refractivity contribution in [3.05, 3.63) is 35.1 Å². The number of thiazole rings is 1. The van der Waals surface area contributed by atoms with E-state index >= 15 is 0 Å². The van der Waals surface area contributed by atoms with Gasteiger partial charge in [-0.2, -0.15) is 4.98 Å². The summed E-state index contributed by atoms with van der Waals surface area (Å²) in [5, 5.41) is 5.01. The van der Waals surface area contributed by atoms with Crippen LogP contribution in [0.2, 0.25) is 0 Å². The topological polar surface area (TPSA) is 93.2 Å². The van der Waals surface area contributed by atoms with Crippen molar-refractivity contribution in [1.82, 2.24) is 24.8 Å². The van der Waals surface area contributed by atoms with Gasteiger partial charge in [0.15, 0.2) is 11.5 Å². The number of piperazine rings is 1. The first kappa shape index (κ1) is 27.7. The van der Waals surface area contributed by atoms with Gasteiger partial charge in [-0.3, -0.25) is 9.69 Å². The van der Waals surface area contributed by atoms with Crippen LogP contribution in [0.25, 0.3) is 0 Å². The number of fused-ring (bicyclic) bond motifs is 2. The predicted molar refractivity (Wildman–Crippen MR) is 165 cm³/mol. The Morgan fingerprint density at radius 1 is 1.07 bits per heavy atom. The molecule has 41 heavy (non-hydrogen) atoms. The van der Waals surface area contributed by atoms with Crippen molar-refractivity contribution in [3.8, 4) is 5.75 Å². The number of carbonyl (C=O) groups excluding carboxylic acids is 1. The third-order valence-electron chi connectivity index (χ3n) is 8.47. The fraction of sp³-hybridized carbons (Fsp3) is 0.517. The molecule has 5 heterocycles. The maximum absolute atomic E-state index is 13.2. The molecule has 1 N–H and O–H groups in total. The fourth-order valence-electron chi connectivity index (χ4n) is 6.03. The predicted octanol–water partition coefficient (Wildman–Crippen LogP) is 3.96. The van der Waals surface area contributed by atoms with Gasteiger partial charge in [0.2, 0.25) is 5.95 Å². The Kier molecular flexibility index (Phi) is 7.71. The quantitative estimate of drug-likeness (QED) is 0.464. The molecule has 3 aliphatic rings. The summed E-state index contributed by atoms with van der Waals surface area (Å²) in [5.41, 5.74) is 3.05. The lowest BCUT2D eigenvalue weighted by atomic mass is 10.0. The minimum absolute atomic E-state index is 0.157. The average molecular weight is 578 g/mol. The summed E-state index contributed by atoms with van der Waals surface area (Å²) in [4.78, 5) is 38.3. The van der Waals surface area contributed by atoms with Crippen molar-refractivity contribution in [3.63, 3.8) is 0 Å². The molecule has 12 heteroatoms. The molecule has 0 saturated carbocycles. The molecule has 6 rings (SSSR count). The van der Waals surface area contributed by atoms with Crippen molar-refractivity contribution in [2.45, 2.75) is 32.7 Å². The van der Waals surface area contributed by atoms with Crippen LogP contribution in [0.5, 0.6) is 5.75 Å². The van der Waals surface area contributed by atoms with Gasteiger partial charge in [-0.15, -0.1) is 11.3 Å². The number of amides is 1. The molecule has 0 atom stereocenters. The Morgan fingerprint density at radius 3 is 2.54 bits per heavy atom. The number of nitrogens with zero attached hydrogens (tertiary/aromatic N) is 8. The number of anilines is 6. The van der Waals surface area contributed by atoms with Gasteiger partial charge < -0.3 is 29.7 Å². The number of rotatable bonds is 6. The molecule has 2 saturated heterocycles. The molecule has 1 aromatic carbocycles. The number of benzene rings is 1. The van der Waals surface area contributed by atoms with Crippen molar-refractivity contribution in [1.29, 1.82) is 0 Å². The van der Waals surface area contributed by atoms with E-state index in [0.717, 1.165) is 53.3 Å². The van der Waals surface area contributed by atoms with Gasteiger partial charge in [-0.25, -0.2) is 9.97 Å². The summed E-state index contributed by atoms with van der Waals surface area (Å²) in [6.07, 6.45) is 4.06. The zero-order valence-corrected chi connectivity index (χ0v) is 25.4. The highest BCUT2D eigenvalue weighted by Crippen LogP contribution is 2.42. The lowest BCUT2D eigenvalue weighted by molar-refractivity contribution is 0.0982. The summed E-state index contributed by atoms with van der Waals surface area (Å²) >= 11 is 1.50. The summed E-state index contributed by atoms with van der Waals surface area (Å²) in [5.74, 6) is 1.69. The summed E-state index contributed by atoms with van der Waals surface area (Å²) in [7, 11) is 5.64. The lowest BCUT2D eigenvalue weighted by Gasteiger charge is -2.42. The van der Waals surface area contributed by atoms with Crippen LogP contribution in [0.15, 0.2) is 24.4 Å². The van der Waals surface area contributed by atoms with Crippen LogP contribution in [0.3, 0.4) is 0 Å². The molecule has 11 nitrogen and oxygen atoms in total. The van der Waals surface area contributed by atoms with Crippen LogP contribution >= 0.6 is 11.3 Å². The van der Waals surface area contributed by atoms with Crippen LogP contribution in [0, 0.1) is 6.92 Å². The molecule has 2 aromatic heterocycles. The third-order valence-corrected chi connectivity index (χ3v) is 9.46. The van der Waals surface area contributed by atoms with Crippen molar-refractivity contribution in [2.75, 3.05) is 87.0 Å². The van der Waals surface area contributed by atoms with Gasteiger partial charge in [0.25, 0.3) is 5.91 Å². The van der Waals surface area contributed by atoms with E-state index in [9.17, 15) is 4.79 Å². The number of methoxy groups -OCH3 is 1. The maximum atomic E-state index is 13.2. The van der Waals surface area contributed by atoms with E-state index in [0.29, 0.717) is 35.7 Å². The molecular weight excluding hydrogens is 538 g/mol. The molecule has 0 spiro atoms. The number of aryl methyl sites for hydroxylation is 1. The fourth-order valence-corrected chi connectivity index (χ4v) is 7.01. The number of hydrogen-bond donors (Lipinski definition) is 1. The molecule has 218 valence electrons. The molecule has 1 amide bonds. The number of likely N-dealkylation sites (N-methyl/N-ethyl adjacent to an activating group) is 1. The minimum Gasteiger partial charge on any atom is -0.494 e. The molecule has 0 unspecified atom stereocenters. The molecule has 2 fully saturated rings. The van der Waals surface area contributed by atoms with Gasteiger partial charge in [-0.05, 0) is 45.9 Å². The van der Waals surface area contributed by atoms with E-state index in [2.05, 4.69) is 49.2 Å². The van der Waals surface area contributed by atoms with E-state index in [1.165, 1.54) is 37.3 Å². The van der Waals surface area contributed by atoms with Crippen molar-refractivity contribution in [2.24, 2.45) is 0 Å². The van der Waals surface area contributed by atoms with Crippen molar-refractivity contribution < 1.29 is 9.53 Å². The molecule has 3 aliphatic heterocycles. The van der Waals surface area contributed by atoms with Gasteiger partial charge in [-0.1, -0.05) is 0 Å². The molecular formula is C29H39N9O2S. The van der Waals surface area contributed by atoms with Crippen LogP contribution in [0.1, 0.15) is 35.3 Å². The Hall–Kier alpha value is -3.48. The summed E-state index contributed by atoms with van der Waals surface area (Å²) < 4.78 is 5.80. The SMILES string of the molecule is CCN1c2nc(Nc3ccc(N4CCC(N5CCN(C)CC5)CC4)cc3OC)ncc2N(C)C(=O)c2nc(C)sc21. The van der Waals surface area contributed by atoms with E-state index < -0.39 is 0 Å². The first-order valence-corrected chi connectivity index (χ1v) is 15.2. The van der Waals surface area contributed by atoms with E-state index in [4.69, 9.17) is 9.72 Å². The third kappa shape index (κ3) is 5.31. The largest absolute Gasteiger partial charge is 0.494 e. The Morgan fingerprint density at radius 2 is 1.83 bits per heavy atom. The zero-order valence-electron chi connectivity index (χ0n) is 24.6. The van der Waals surface area contributed by atoms with E-state index in [-0.39, 0.29) is 5.91 Å². The van der Waals surface area contributed by atoms with E-state index in [1.54, 1.807) is 25.3 Å². The van der Waals surface area contributed by atoms with Gasteiger partial charge in [0, 0.05) is 70.7 Å². The maximum Gasteiger partial charge on any atom is 0.279 e. The first-order chi connectivity index (χ1) is 19.9. The summed E-state index contributed by atoms with van der Waals surface area (Å²) in [6.45, 7) is 11.4. The number of carbonyl (C=O) groups is 1. The molecule has 0 radical (unpaired) electrons. The highest BCUT2D eigenvalue weighted by molar-refractivity contribution is 7.16. The summed E-state index contributed by atoms with van der Waals surface area (Å²) in [6, 6.07) is 6.95. The second kappa shape index (κ2) is 11.4. The normalized spacial score (nSPS) is 18.8. The van der Waals surface area contributed by atoms with Crippen LogP contribution in [-0.4, -0.2) is 104 Å². The van der Waals surface area contributed by atoms with Crippen molar-refractivity contribution >= 4 is 51.1 Å². The van der Waals surface area contributed by atoms with Gasteiger partial charge >= 0.3 is 0 Å². The van der Waals surface area contributed by atoms with E-state index in [1.807, 2.05) is 24.8 Å². The highest BCUT2D eigenvalue weighted by Gasteiger charge is 2.33. The highest BCUT2D eigenvalue weighted by atomic mass is 32.1. The zero-order chi connectivity index (χ0) is 28.7. The average Bonchev–Trinajstić information content (AvgIpc) is 3.35. The second-order valence-electron chi connectivity index (χ2n) is 11.0. The second-order valence-corrected chi connectivity index (χ2v) is 12.1.